The van der Waals surface area contributed by atoms with Crippen molar-refractivity contribution in [3.63, 3.8) is 0 Å². The Bertz CT molecular complexity index is 1030. The summed E-state index contributed by atoms with van der Waals surface area (Å²) in [6.07, 6.45) is 8.59. The van der Waals surface area contributed by atoms with Crippen LogP contribution in [0, 0.1) is 5.92 Å². The van der Waals surface area contributed by atoms with Gasteiger partial charge in [0.05, 0.1) is 4.91 Å². The second kappa shape index (κ2) is 10.7. The Labute approximate surface area is 199 Å². The number of nitrogens with zero attached hydrogens (tertiary/aromatic N) is 2. The minimum absolute atomic E-state index is 0.0216. The molecule has 0 radical (unpaired) electrons. The van der Waals surface area contributed by atoms with Gasteiger partial charge in [-0.1, -0.05) is 96.8 Å². The second-order valence-corrected chi connectivity index (χ2v) is 9.75. The predicted molar refractivity (Wildman–Crippen MR) is 135 cm³/mol. The zero-order valence-electron chi connectivity index (χ0n) is 17.9. The molecule has 0 bridgehead atoms. The number of allylic oxidation sites excluding steroid dienone is 2. The topological polar surface area (TPSA) is 40.6 Å². The molecule has 2 aromatic rings. The Hall–Kier alpha value is -2.70. The molecule has 0 aliphatic carbocycles. The lowest BCUT2D eigenvalue weighted by molar-refractivity contribution is -0.136. The molecular formula is C26H26N2O2S2. The van der Waals surface area contributed by atoms with Crippen LogP contribution in [0.3, 0.4) is 0 Å². The second-order valence-electron chi connectivity index (χ2n) is 8.07. The number of benzene rings is 2. The maximum atomic E-state index is 12.8. The van der Waals surface area contributed by atoms with Gasteiger partial charge in [-0.3, -0.25) is 14.5 Å². The highest BCUT2D eigenvalue weighted by Gasteiger charge is 2.34. The average Bonchev–Trinajstić information content (AvgIpc) is 3.08. The summed E-state index contributed by atoms with van der Waals surface area (Å²) in [5, 5.41) is 0. The molecular weight excluding hydrogens is 436 g/mol. The van der Waals surface area contributed by atoms with Crippen LogP contribution >= 0.6 is 24.0 Å². The summed E-state index contributed by atoms with van der Waals surface area (Å²) in [6.45, 7) is 1.50. The van der Waals surface area contributed by atoms with Gasteiger partial charge in [-0.25, -0.2) is 0 Å². The van der Waals surface area contributed by atoms with Gasteiger partial charge in [0.25, 0.3) is 5.91 Å². The zero-order chi connectivity index (χ0) is 22.3. The molecule has 6 heteroatoms. The lowest BCUT2D eigenvalue weighted by Gasteiger charge is -2.33. The first-order valence-electron chi connectivity index (χ1n) is 10.9. The average molecular weight is 463 g/mol. The van der Waals surface area contributed by atoms with Crippen LogP contribution in [-0.4, -0.2) is 45.6 Å². The van der Waals surface area contributed by atoms with Gasteiger partial charge in [-0.05, 0) is 42.4 Å². The first kappa shape index (κ1) is 22.5. The maximum absolute atomic E-state index is 12.8. The molecule has 32 heavy (non-hydrogen) atoms. The van der Waals surface area contributed by atoms with E-state index in [2.05, 4.69) is 24.3 Å². The number of thioether (sulfide) groups is 1. The van der Waals surface area contributed by atoms with Crippen molar-refractivity contribution >= 4 is 46.2 Å². The van der Waals surface area contributed by atoms with Crippen LogP contribution in [0.5, 0.6) is 0 Å². The van der Waals surface area contributed by atoms with Crippen molar-refractivity contribution in [1.82, 2.24) is 9.80 Å². The van der Waals surface area contributed by atoms with Crippen LogP contribution in [-0.2, 0) is 16.0 Å². The molecule has 2 amide bonds. The molecule has 164 valence electrons. The van der Waals surface area contributed by atoms with Crippen molar-refractivity contribution in [2.45, 2.75) is 19.3 Å². The first-order chi connectivity index (χ1) is 15.6. The number of hydrogen-bond acceptors (Lipinski definition) is 4. The Kier molecular flexibility index (Phi) is 7.55. The van der Waals surface area contributed by atoms with E-state index in [1.807, 2.05) is 53.5 Å². The van der Waals surface area contributed by atoms with Crippen LogP contribution in [0.1, 0.15) is 24.0 Å². The van der Waals surface area contributed by atoms with Crippen molar-refractivity contribution in [2.24, 2.45) is 5.92 Å². The lowest BCUT2D eigenvalue weighted by Crippen LogP contribution is -2.45. The van der Waals surface area contributed by atoms with E-state index in [1.165, 1.54) is 22.2 Å². The van der Waals surface area contributed by atoms with Gasteiger partial charge < -0.3 is 4.90 Å². The fourth-order valence-electron chi connectivity index (χ4n) is 4.03. The Morgan fingerprint density at radius 2 is 1.69 bits per heavy atom. The molecule has 4 nitrogen and oxygen atoms in total. The van der Waals surface area contributed by atoms with Gasteiger partial charge in [0, 0.05) is 13.1 Å². The van der Waals surface area contributed by atoms with E-state index in [0.717, 1.165) is 37.9 Å². The van der Waals surface area contributed by atoms with Gasteiger partial charge >= 0.3 is 0 Å². The molecule has 2 aliphatic rings. The SMILES string of the molecule is O=C(CN1C(=O)C(=CC=Cc2ccccc2)SC1=S)N1CCC(Cc2ccccc2)CC1. The van der Waals surface area contributed by atoms with Crippen LogP contribution in [0.15, 0.2) is 77.7 Å². The quantitative estimate of drug-likeness (QED) is 0.451. The molecule has 2 saturated heterocycles. The lowest BCUT2D eigenvalue weighted by atomic mass is 9.90. The number of likely N-dealkylation sites (tertiary alicyclic amines) is 1. The fourth-order valence-corrected chi connectivity index (χ4v) is 5.24. The largest absolute Gasteiger partial charge is 0.341 e. The molecule has 0 spiro atoms. The minimum Gasteiger partial charge on any atom is -0.341 e. The van der Waals surface area contributed by atoms with E-state index in [1.54, 1.807) is 6.08 Å². The third-order valence-electron chi connectivity index (χ3n) is 5.84. The summed E-state index contributed by atoms with van der Waals surface area (Å²) in [5.74, 6) is 0.378. The third-order valence-corrected chi connectivity index (χ3v) is 7.23. The molecule has 2 aromatic carbocycles. The van der Waals surface area contributed by atoms with E-state index >= 15 is 0 Å². The number of hydrogen-bond donors (Lipinski definition) is 0. The number of carbonyl (C=O) groups excluding carboxylic acids is 2. The van der Waals surface area contributed by atoms with Crippen molar-refractivity contribution in [1.29, 1.82) is 0 Å². The summed E-state index contributed by atoms with van der Waals surface area (Å²) < 4.78 is 0.446. The normalized spacial score (nSPS) is 18.8. The van der Waals surface area contributed by atoms with Crippen LogP contribution in [0.4, 0.5) is 0 Å². The van der Waals surface area contributed by atoms with Gasteiger partial charge in [-0.2, -0.15) is 0 Å². The van der Waals surface area contributed by atoms with Crippen molar-refractivity contribution < 1.29 is 9.59 Å². The van der Waals surface area contributed by atoms with Gasteiger partial charge in [-0.15, -0.1) is 0 Å². The van der Waals surface area contributed by atoms with Gasteiger partial charge in [0.15, 0.2) is 0 Å². The highest BCUT2D eigenvalue weighted by molar-refractivity contribution is 8.26. The monoisotopic (exact) mass is 462 g/mol. The standard InChI is InChI=1S/C26H26N2O2S2/c29-24(27-16-14-22(15-17-27)18-21-10-5-2-6-11-21)19-28-25(30)23(32-26(28)31)13-7-12-20-8-3-1-4-9-20/h1-13,22H,14-19H2. The minimum atomic E-state index is -0.190. The third kappa shape index (κ3) is 5.75. The van der Waals surface area contributed by atoms with E-state index in [0.29, 0.717) is 15.1 Å². The number of amides is 2. The maximum Gasteiger partial charge on any atom is 0.266 e. The molecule has 0 unspecified atom stereocenters. The highest BCUT2D eigenvalue weighted by Crippen LogP contribution is 2.31. The molecule has 2 fully saturated rings. The molecule has 0 atom stereocenters. The molecule has 0 N–H and O–H groups in total. The first-order valence-corrected chi connectivity index (χ1v) is 12.1. The van der Waals surface area contributed by atoms with E-state index in [9.17, 15) is 9.59 Å². The molecule has 4 rings (SSSR count). The summed E-state index contributed by atoms with van der Waals surface area (Å²) in [4.78, 5) is 29.5. The molecule has 0 aromatic heterocycles. The van der Waals surface area contributed by atoms with Crippen molar-refractivity contribution in [3.05, 3.63) is 88.8 Å². The van der Waals surface area contributed by atoms with E-state index < -0.39 is 0 Å². The van der Waals surface area contributed by atoms with Crippen molar-refractivity contribution in [3.8, 4) is 0 Å². The highest BCUT2D eigenvalue weighted by atomic mass is 32.2. The van der Waals surface area contributed by atoms with Crippen LogP contribution < -0.4 is 0 Å². The van der Waals surface area contributed by atoms with E-state index in [4.69, 9.17) is 12.2 Å². The molecule has 2 aliphatic heterocycles. The number of piperidine rings is 1. The Balaban J connectivity index is 1.28. The summed E-state index contributed by atoms with van der Waals surface area (Å²) in [6, 6.07) is 20.4. The predicted octanol–water partition coefficient (Wildman–Crippen LogP) is 4.93. The van der Waals surface area contributed by atoms with Gasteiger partial charge in [0.2, 0.25) is 5.91 Å². The van der Waals surface area contributed by atoms with E-state index in [-0.39, 0.29) is 18.4 Å². The van der Waals surface area contributed by atoms with Crippen molar-refractivity contribution in [2.75, 3.05) is 19.6 Å². The Morgan fingerprint density at radius 3 is 2.38 bits per heavy atom. The zero-order valence-corrected chi connectivity index (χ0v) is 19.5. The smallest absolute Gasteiger partial charge is 0.266 e. The molecule has 2 heterocycles. The van der Waals surface area contributed by atoms with Crippen LogP contribution in [0.25, 0.3) is 6.08 Å². The summed E-state index contributed by atoms with van der Waals surface area (Å²) in [7, 11) is 0. The molecule has 0 saturated carbocycles. The Morgan fingerprint density at radius 1 is 1.03 bits per heavy atom. The summed E-state index contributed by atoms with van der Waals surface area (Å²) >= 11 is 6.64. The number of thiocarbonyl (C=S) groups is 1. The van der Waals surface area contributed by atoms with Gasteiger partial charge in [0.1, 0.15) is 10.9 Å². The number of carbonyl (C=O) groups is 2. The summed E-state index contributed by atoms with van der Waals surface area (Å²) in [5.41, 5.74) is 2.41. The fraction of sp³-hybridized carbons (Fsp3) is 0.269. The van der Waals surface area contributed by atoms with Crippen LogP contribution in [0.2, 0.25) is 0 Å². The number of rotatable bonds is 6.